The van der Waals surface area contributed by atoms with E-state index >= 15 is 0 Å². The standard InChI is InChI=1S/C18H21BrF3N7O/c1-5-28-10(2)13(6-24-28)8-27-9-14(7-23-27)25-17(30)12(4)29-11(3)15(19)16(26-29)18(20,21)22/h6-7,9,12H,5,8H2,1-4H3,(H,25,30). The second-order valence-corrected chi connectivity index (χ2v) is 7.65. The van der Waals surface area contributed by atoms with E-state index in [1.165, 1.54) is 20.0 Å². The van der Waals surface area contributed by atoms with Crippen LogP contribution >= 0.6 is 15.9 Å². The van der Waals surface area contributed by atoms with Crippen molar-refractivity contribution in [1.82, 2.24) is 29.3 Å². The number of nitrogens with one attached hydrogen (secondary N) is 1. The fourth-order valence-electron chi connectivity index (χ4n) is 3.06. The lowest BCUT2D eigenvalue weighted by atomic mass is 10.2. The molecule has 1 N–H and O–H groups in total. The van der Waals surface area contributed by atoms with E-state index in [0.717, 1.165) is 22.5 Å². The molecule has 0 spiro atoms. The van der Waals surface area contributed by atoms with Crippen LogP contribution in [-0.4, -0.2) is 35.2 Å². The molecule has 0 radical (unpaired) electrons. The molecule has 12 heteroatoms. The second-order valence-electron chi connectivity index (χ2n) is 6.85. The van der Waals surface area contributed by atoms with Gasteiger partial charge in [0.2, 0.25) is 5.91 Å². The normalized spacial score (nSPS) is 12.9. The van der Waals surface area contributed by atoms with Crippen LogP contribution in [0.3, 0.4) is 0 Å². The van der Waals surface area contributed by atoms with Gasteiger partial charge in [-0.05, 0) is 43.6 Å². The van der Waals surface area contributed by atoms with Crippen LogP contribution in [0.15, 0.2) is 23.1 Å². The third-order valence-electron chi connectivity index (χ3n) is 4.83. The fourth-order valence-corrected chi connectivity index (χ4v) is 3.55. The summed E-state index contributed by atoms with van der Waals surface area (Å²) in [6.45, 7) is 8.17. The maximum atomic E-state index is 13.1. The molecule has 1 amide bonds. The van der Waals surface area contributed by atoms with E-state index in [1.807, 2.05) is 18.5 Å². The van der Waals surface area contributed by atoms with E-state index in [9.17, 15) is 18.0 Å². The van der Waals surface area contributed by atoms with E-state index in [4.69, 9.17) is 0 Å². The zero-order chi connectivity index (χ0) is 22.2. The van der Waals surface area contributed by atoms with E-state index < -0.39 is 23.8 Å². The van der Waals surface area contributed by atoms with Gasteiger partial charge in [0, 0.05) is 24.0 Å². The summed E-state index contributed by atoms with van der Waals surface area (Å²) in [4.78, 5) is 12.6. The monoisotopic (exact) mass is 487 g/mol. The number of alkyl halides is 3. The first-order valence-corrected chi connectivity index (χ1v) is 9.98. The highest BCUT2D eigenvalue weighted by Crippen LogP contribution is 2.36. The van der Waals surface area contributed by atoms with Crippen LogP contribution < -0.4 is 5.32 Å². The van der Waals surface area contributed by atoms with Crippen LogP contribution in [0.4, 0.5) is 18.9 Å². The fraction of sp³-hybridized carbons (Fsp3) is 0.444. The molecule has 0 saturated heterocycles. The summed E-state index contributed by atoms with van der Waals surface area (Å²) < 4.78 is 43.6. The first-order chi connectivity index (χ1) is 14.0. The summed E-state index contributed by atoms with van der Waals surface area (Å²) in [5.41, 5.74) is 1.63. The van der Waals surface area contributed by atoms with Gasteiger partial charge in [-0.3, -0.25) is 18.8 Å². The Hall–Kier alpha value is -2.63. The average Bonchev–Trinajstić information content (AvgIpc) is 3.34. The number of aromatic nitrogens is 6. The first kappa shape index (κ1) is 22.1. The Morgan fingerprint density at radius 3 is 2.50 bits per heavy atom. The van der Waals surface area contributed by atoms with Gasteiger partial charge in [0.05, 0.1) is 34.8 Å². The number of nitrogens with zero attached hydrogens (tertiary/aromatic N) is 6. The molecule has 0 bridgehead atoms. The number of amides is 1. The van der Waals surface area contributed by atoms with Crippen molar-refractivity contribution in [3.05, 3.63) is 45.7 Å². The smallest absolute Gasteiger partial charge is 0.322 e. The molecular weight excluding hydrogens is 467 g/mol. The van der Waals surface area contributed by atoms with Crippen molar-refractivity contribution in [2.24, 2.45) is 0 Å². The molecular formula is C18H21BrF3N7O. The van der Waals surface area contributed by atoms with Gasteiger partial charge in [-0.15, -0.1) is 0 Å². The van der Waals surface area contributed by atoms with Crippen LogP contribution in [0.1, 0.15) is 42.5 Å². The topological polar surface area (TPSA) is 82.6 Å². The summed E-state index contributed by atoms with van der Waals surface area (Å²) in [6.07, 6.45) is 0.297. The average molecular weight is 488 g/mol. The number of carbonyl (C=O) groups is 1. The maximum Gasteiger partial charge on any atom is 0.436 e. The summed E-state index contributed by atoms with van der Waals surface area (Å²) in [6, 6.07) is -0.953. The number of hydrogen-bond donors (Lipinski definition) is 1. The number of halogens is 4. The predicted octanol–water partition coefficient (Wildman–Crippen LogP) is 3.94. The zero-order valence-electron chi connectivity index (χ0n) is 16.8. The Balaban J connectivity index is 1.72. The highest BCUT2D eigenvalue weighted by molar-refractivity contribution is 9.10. The van der Waals surface area contributed by atoms with Crippen molar-refractivity contribution in [3.63, 3.8) is 0 Å². The van der Waals surface area contributed by atoms with Crippen molar-refractivity contribution in [1.29, 1.82) is 0 Å². The molecule has 1 unspecified atom stereocenters. The SMILES string of the molecule is CCn1ncc(Cn2cc(NC(=O)C(C)n3nc(C(F)(F)F)c(Br)c3C)cn2)c1C. The van der Waals surface area contributed by atoms with Crippen LogP contribution in [0.25, 0.3) is 0 Å². The molecule has 0 saturated carbocycles. The molecule has 3 aromatic rings. The van der Waals surface area contributed by atoms with Gasteiger partial charge in [-0.1, -0.05) is 0 Å². The zero-order valence-corrected chi connectivity index (χ0v) is 18.4. The molecule has 0 aliphatic carbocycles. The van der Waals surface area contributed by atoms with Gasteiger partial charge in [0.15, 0.2) is 5.69 Å². The molecule has 3 heterocycles. The third kappa shape index (κ3) is 4.27. The van der Waals surface area contributed by atoms with Gasteiger partial charge in [-0.25, -0.2) is 0 Å². The number of carbonyl (C=O) groups excluding carboxylic acids is 1. The Morgan fingerprint density at radius 2 is 1.93 bits per heavy atom. The van der Waals surface area contributed by atoms with Crippen molar-refractivity contribution >= 4 is 27.5 Å². The van der Waals surface area contributed by atoms with E-state index in [0.29, 0.717) is 12.2 Å². The Labute approximate surface area is 179 Å². The van der Waals surface area contributed by atoms with Crippen molar-refractivity contribution < 1.29 is 18.0 Å². The largest absolute Gasteiger partial charge is 0.436 e. The van der Waals surface area contributed by atoms with E-state index in [-0.39, 0.29) is 10.2 Å². The van der Waals surface area contributed by atoms with Gasteiger partial charge in [-0.2, -0.15) is 28.5 Å². The number of hydrogen-bond acceptors (Lipinski definition) is 4. The molecule has 0 fully saturated rings. The predicted molar refractivity (Wildman–Crippen MR) is 107 cm³/mol. The minimum absolute atomic E-state index is 0.175. The molecule has 162 valence electrons. The Bertz CT molecular complexity index is 1070. The summed E-state index contributed by atoms with van der Waals surface area (Å²) >= 11 is 2.91. The summed E-state index contributed by atoms with van der Waals surface area (Å²) in [7, 11) is 0. The van der Waals surface area contributed by atoms with Crippen LogP contribution in [0, 0.1) is 13.8 Å². The Kier molecular flexibility index (Phi) is 6.06. The minimum atomic E-state index is -4.62. The number of rotatable bonds is 6. The van der Waals surface area contributed by atoms with E-state index in [1.54, 1.807) is 17.1 Å². The number of aryl methyl sites for hydroxylation is 1. The summed E-state index contributed by atoms with van der Waals surface area (Å²) in [5.74, 6) is -0.503. The molecule has 0 aliphatic heterocycles. The highest BCUT2D eigenvalue weighted by atomic mass is 79.9. The lowest BCUT2D eigenvalue weighted by Gasteiger charge is -2.13. The van der Waals surface area contributed by atoms with Crippen molar-refractivity contribution in [3.8, 4) is 0 Å². The van der Waals surface area contributed by atoms with Gasteiger partial charge >= 0.3 is 6.18 Å². The minimum Gasteiger partial charge on any atom is -0.322 e. The van der Waals surface area contributed by atoms with Crippen LogP contribution in [0.2, 0.25) is 0 Å². The molecule has 3 aromatic heterocycles. The number of anilines is 1. The quantitative estimate of drug-likeness (QED) is 0.570. The molecule has 1 atom stereocenters. The lowest BCUT2D eigenvalue weighted by molar-refractivity contribution is -0.142. The molecule has 30 heavy (non-hydrogen) atoms. The molecule has 0 aromatic carbocycles. The van der Waals surface area contributed by atoms with Crippen molar-refractivity contribution in [2.45, 2.75) is 53.0 Å². The van der Waals surface area contributed by atoms with Gasteiger partial charge < -0.3 is 5.32 Å². The third-order valence-corrected chi connectivity index (χ3v) is 5.78. The molecule has 0 aliphatic rings. The van der Waals surface area contributed by atoms with Gasteiger partial charge in [0.25, 0.3) is 0 Å². The van der Waals surface area contributed by atoms with Crippen LogP contribution in [0.5, 0.6) is 0 Å². The van der Waals surface area contributed by atoms with Crippen LogP contribution in [-0.2, 0) is 24.1 Å². The maximum absolute atomic E-state index is 13.1. The van der Waals surface area contributed by atoms with Crippen molar-refractivity contribution in [2.75, 3.05) is 5.32 Å². The highest BCUT2D eigenvalue weighted by Gasteiger charge is 2.39. The Morgan fingerprint density at radius 1 is 1.23 bits per heavy atom. The van der Waals surface area contributed by atoms with E-state index in [2.05, 4.69) is 36.5 Å². The molecule has 3 rings (SSSR count). The summed E-state index contributed by atoms with van der Waals surface area (Å²) in [5, 5.41) is 14.8. The second kappa shape index (κ2) is 8.25. The van der Waals surface area contributed by atoms with Gasteiger partial charge in [0.1, 0.15) is 6.04 Å². The first-order valence-electron chi connectivity index (χ1n) is 9.19. The molecule has 8 nitrogen and oxygen atoms in total. The lowest BCUT2D eigenvalue weighted by Crippen LogP contribution is -2.25.